The number of carbonyl (C=O) groups is 2. The molecular formula is C12H23N3O2. The topological polar surface area (TPSA) is 75.4 Å². The highest BCUT2D eigenvalue weighted by molar-refractivity contribution is 5.88. The number of likely N-dealkylation sites (N-methyl/N-ethyl adjacent to an activating group) is 2. The Hall–Kier alpha value is -1.10. The van der Waals surface area contributed by atoms with Crippen molar-refractivity contribution in [2.24, 2.45) is 17.1 Å². The maximum absolute atomic E-state index is 12.4. The molecule has 0 bridgehead atoms. The molecule has 1 rings (SSSR count). The molecule has 1 aliphatic carbocycles. The van der Waals surface area contributed by atoms with E-state index in [1.165, 1.54) is 0 Å². The molecule has 1 fully saturated rings. The van der Waals surface area contributed by atoms with E-state index in [2.05, 4.69) is 12.2 Å². The molecule has 0 aromatic heterocycles. The lowest BCUT2D eigenvalue weighted by atomic mass is 9.62. The number of nitrogens with zero attached hydrogens (tertiary/aromatic N) is 1. The SMILES string of the molecule is CCN(CC(=O)NC)C(=O)C1(CN)CC(C)C1. The zero-order valence-electron chi connectivity index (χ0n) is 11.0. The van der Waals surface area contributed by atoms with Gasteiger partial charge in [0.1, 0.15) is 0 Å². The van der Waals surface area contributed by atoms with Crippen LogP contribution in [0, 0.1) is 11.3 Å². The van der Waals surface area contributed by atoms with E-state index in [4.69, 9.17) is 5.73 Å². The van der Waals surface area contributed by atoms with Gasteiger partial charge in [-0.05, 0) is 25.7 Å². The summed E-state index contributed by atoms with van der Waals surface area (Å²) in [5.41, 5.74) is 5.33. The summed E-state index contributed by atoms with van der Waals surface area (Å²) in [7, 11) is 1.57. The molecule has 3 N–H and O–H groups in total. The molecule has 1 saturated carbocycles. The van der Waals surface area contributed by atoms with Gasteiger partial charge in [0.05, 0.1) is 12.0 Å². The second-order valence-corrected chi connectivity index (χ2v) is 4.99. The number of nitrogens with two attached hydrogens (primary N) is 1. The first-order valence-corrected chi connectivity index (χ1v) is 6.19. The molecular weight excluding hydrogens is 218 g/mol. The van der Waals surface area contributed by atoms with Crippen molar-refractivity contribution in [3.8, 4) is 0 Å². The Morgan fingerprint density at radius 3 is 2.41 bits per heavy atom. The van der Waals surface area contributed by atoms with Crippen molar-refractivity contribution in [3.05, 3.63) is 0 Å². The van der Waals surface area contributed by atoms with Gasteiger partial charge in [0.15, 0.2) is 0 Å². The average molecular weight is 241 g/mol. The number of carbonyl (C=O) groups excluding carboxylic acids is 2. The first kappa shape index (κ1) is 14.0. The van der Waals surface area contributed by atoms with Crippen LogP contribution >= 0.6 is 0 Å². The number of rotatable bonds is 5. The molecule has 0 heterocycles. The van der Waals surface area contributed by atoms with E-state index in [1.807, 2.05) is 6.92 Å². The molecule has 0 saturated heterocycles. The highest BCUT2D eigenvalue weighted by Crippen LogP contribution is 2.45. The minimum Gasteiger partial charge on any atom is -0.358 e. The Balaban J connectivity index is 2.68. The predicted molar refractivity (Wildman–Crippen MR) is 66.2 cm³/mol. The summed E-state index contributed by atoms with van der Waals surface area (Å²) in [6.07, 6.45) is 1.68. The van der Waals surface area contributed by atoms with E-state index in [-0.39, 0.29) is 18.4 Å². The third-order valence-electron chi connectivity index (χ3n) is 3.61. The molecule has 0 aromatic rings. The van der Waals surface area contributed by atoms with E-state index in [1.54, 1.807) is 11.9 Å². The minimum absolute atomic E-state index is 0.0317. The smallest absolute Gasteiger partial charge is 0.239 e. The van der Waals surface area contributed by atoms with Crippen LogP contribution in [0.2, 0.25) is 0 Å². The first-order chi connectivity index (χ1) is 7.99. The summed E-state index contributed by atoms with van der Waals surface area (Å²) in [6, 6.07) is 0. The predicted octanol–water partition coefficient (Wildman–Crippen LogP) is -0.0441. The Bertz CT molecular complexity index is 298. The lowest BCUT2D eigenvalue weighted by Gasteiger charge is -2.46. The number of amides is 2. The third kappa shape index (κ3) is 2.77. The molecule has 98 valence electrons. The van der Waals surface area contributed by atoms with Crippen LogP contribution in [-0.4, -0.2) is 43.4 Å². The van der Waals surface area contributed by atoms with Crippen molar-refractivity contribution < 1.29 is 9.59 Å². The van der Waals surface area contributed by atoms with Crippen LogP contribution < -0.4 is 11.1 Å². The van der Waals surface area contributed by atoms with Crippen LogP contribution in [0.4, 0.5) is 0 Å². The molecule has 17 heavy (non-hydrogen) atoms. The maximum Gasteiger partial charge on any atom is 0.239 e. The number of nitrogens with one attached hydrogen (secondary N) is 1. The van der Waals surface area contributed by atoms with Crippen molar-refractivity contribution in [1.29, 1.82) is 0 Å². The van der Waals surface area contributed by atoms with Gasteiger partial charge >= 0.3 is 0 Å². The Kier molecular flexibility index (Phi) is 4.51. The maximum atomic E-state index is 12.4. The molecule has 1 aliphatic rings. The van der Waals surface area contributed by atoms with Gasteiger partial charge in [-0.2, -0.15) is 0 Å². The highest BCUT2D eigenvalue weighted by Gasteiger charge is 2.48. The van der Waals surface area contributed by atoms with Crippen molar-refractivity contribution in [2.75, 3.05) is 26.7 Å². The highest BCUT2D eigenvalue weighted by atomic mass is 16.2. The van der Waals surface area contributed by atoms with E-state index in [0.717, 1.165) is 12.8 Å². The van der Waals surface area contributed by atoms with Crippen LogP contribution in [0.1, 0.15) is 26.7 Å². The first-order valence-electron chi connectivity index (χ1n) is 6.19. The second kappa shape index (κ2) is 5.49. The van der Waals surface area contributed by atoms with Crippen molar-refractivity contribution in [2.45, 2.75) is 26.7 Å². The summed E-state index contributed by atoms with van der Waals surface area (Å²) >= 11 is 0. The van der Waals surface area contributed by atoms with Crippen LogP contribution in [0.15, 0.2) is 0 Å². The van der Waals surface area contributed by atoms with Crippen molar-refractivity contribution in [1.82, 2.24) is 10.2 Å². The van der Waals surface area contributed by atoms with Gasteiger partial charge in [-0.1, -0.05) is 6.92 Å². The fourth-order valence-corrected chi connectivity index (χ4v) is 2.62. The zero-order chi connectivity index (χ0) is 13.1. The fraction of sp³-hybridized carbons (Fsp3) is 0.833. The molecule has 0 atom stereocenters. The Labute approximate surface area is 103 Å². The van der Waals surface area contributed by atoms with E-state index >= 15 is 0 Å². The van der Waals surface area contributed by atoms with E-state index < -0.39 is 5.41 Å². The largest absolute Gasteiger partial charge is 0.358 e. The van der Waals surface area contributed by atoms with Gasteiger partial charge in [-0.25, -0.2) is 0 Å². The second-order valence-electron chi connectivity index (χ2n) is 4.99. The summed E-state index contributed by atoms with van der Waals surface area (Å²) < 4.78 is 0. The molecule has 0 radical (unpaired) electrons. The molecule has 0 aliphatic heterocycles. The van der Waals surface area contributed by atoms with Crippen LogP contribution in [-0.2, 0) is 9.59 Å². The minimum atomic E-state index is -0.413. The van der Waals surface area contributed by atoms with Gasteiger partial charge in [0.2, 0.25) is 11.8 Å². The molecule has 5 nitrogen and oxygen atoms in total. The van der Waals surface area contributed by atoms with Crippen LogP contribution in [0.3, 0.4) is 0 Å². The average Bonchev–Trinajstić information content (AvgIpc) is 2.30. The normalized spacial score (nSPS) is 27.2. The van der Waals surface area contributed by atoms with Gasteiger partial charge in [0, 0.05) is 20.1 Å². The van der Waals surface area contributed by atoms with E-state index in [0.29, 0.717) is 19.0 Å². The molecule has 0 spiro atoms. The number of hydrogen-bond donors (Lipinski definition) is 2. The lowest BCUT2D eigenvalue weighted by Crippen LogP contribution is -2.56. The molecule has 0 aromatic carbocycles. The van der Waals surface area contributed by atoms with Crippen LogP contribution in [0.25, 0.3) is 0 Å². The van der Waals surface area contributed by atoms with Gasteiger partial charge in [0.25, 0.3) is 0 Å². The zero-order valence-corrected chi connectivity index (χ0v) is 11.0. The molecule has 5 heteroatoms. The van der Waals surface area contributed by atoms with Crippen molar-refractivity contribution in [3.63, 3.8) is 0 Å². The Morgan fingerprint density at radius 1 is 1.47 bits per heavy atom. The summed E-state index contributed by atoms with van der Waals surface area (Å²) in [4.78, 5) is 25.3. The van der Waals surface area contributed by atoms with Gasteiger partial charge in [-0.3, -0.25) is 9.59 Å². The van der Waals surface area contributed by atoms with Crippen LogP contribution in [0.5, 0.6) is 0 Å². The monoisotopic (exact) mass is 241 g/mol. The third-order valence-corrected chi connectivity index (χ3v) is 3.61. The molecule has 2 amide bonds. The summed E-state index contributed by atoms with van der Waals surface area (Å²) in [5, 5.41) is 2.53. The fourth-order valence-electron chi connectivity index (χ4n) is 2.62. The molecule has 0 unspecified atom stereocenters. The standard InChI is InChI=1S/C12H23N3O2/c1-4-15(7-10(16)14-3)11(17)12(8-13)5-9(2)6-12/h9H,4-8,13H2,1-3H3,(H,14,16). The summed E-state index contributed by atoms with van der Waals surface area (Å²) in [5.74, 6) is 0.449. The lowest BCUT2D eigenvalue weighted by molar-refractivity contribution is -0.151. The van der Waals surface area contributed by atoms with Crippen molar-refractivity contribution >= 4 is 11.8 Å². The summed E-state index contributed by atoms with van der Waals surface area (Å²) in [6.45, 7) is 5.05. The quantitative estimate of drug-likeness (QED) is 0.709. The van der Waals surface area contributed by atoms with E-state index in [9.17, 15) is 9.59 Å². The van der Waals surface area contributed by atoms with Gasteiger partial charge < -0.3 is 16.0 Å². The Morgan fingerprint density at radius 2 is 2.06 bits per heavy atom. The number of hydrogen-bond acceptors (Lipinski definition) is 3. The van der Waals surface area contributed by atoms with Gasteiger partial charge in [-0.15, -0.1) is 0 Å².